The third kappa shape index (κ3) is 2.85. The van der Waals surface area contributed by atoms with Gasteiger partial charge in [0.15, 0.2) is 5.78 Å². The standard InChI is InChI=1S/C16H22FNO2/c1-16(2,18-9-5-4-6-10-18)15(19)13-8-7-12(20-3)11-14(13)17/h7-8,11H,4-6,9-10H2,1-3H3. The molecule has 0 bridgehead atoms. The number of likely N-dealkylation sites (tertiary alicyclic amines) is 1. The number of halogens is 1. The van der Waals surface area contributed by atoms with Crippen molar-refractivity contribution in [3.05, 3.63) is 29.6 Å². The van der Waals surface area contributed by atoms with Crippen LogP contribution in [0.25, 0.3) is 0 Å². The average molecular weight is 279 g/mol. The summed E-state index contributed by atoms with van der Waals surface area (Å²) in [6.45, 7) is 5.56. The Bertz CT molecular complexity index is 493. The van der Waals surface area contributed by atoms with E-state index in [0.717, 1.165) is 25.9 Å². The second-order valence-electron chi connectivity index (χ2n) is 5.78. The largest absolute Gasteiger partial charge is 0.497 e. The minimum Gasteiger partial charge on any atom is -0.497 e. The predicted octanol–water partition coefficient (Wildman–Crippen LogP) is 3.28. The lowest BCUT2D eigenvalue weighted by atomic mass is 9.89. The number of ketones is 1. The molecule has 1 aromatic carbocycles. The van der Waals surface area contributed by atoms with Crippen molar-refractivity contribution in [2.45, 2.75) is 38.6 Å². The second-order valence-corrected chi connectivity index (χ2v) is 5.78. The number of piperidine rings is 1. The van der Waals surface area contributed by atoms with E-state index >= 15 is 0 Å². The lowest BCUT2D eigenvalue weighted by molar-refractivity contribution is 0.0575. The average Bonchev–Trinajstić information content (AvgIpc) is 2.47. The van der Waals surface area contributed by atoms with E-state index in [4.69, 9.17) is 4.74 Å². The van der Waals surface area contributed by atoms with Crippen LogP contribution in [0.15, 0.2) is 18.2 Å². The molecule has 0 N–H and O–H groups in total. The fourth-order valence-corrected chi connectivity index (χ4v) is 2.73. The number of nitrogens with zero attached hydrogens (tertiary/aromatic N) is 1. The van der Waals surface area contributed by atoms with Crippen molar-refractivity contribution < 1.29 is 13.9 Å². The monoisotopic (exact) mass is 279 g/mol. The molecule has 2 rings (SSSR count). The molecule has 0 spiro atoms. The van der Waals surface area contributed by atoms with Crippen LogP contribution in [0, 0.1) is 5.82 Å². The van der Waals surface area contributed by atoms with E-state index < -0.39 is 11.4 Å². The van der Waals surface area contributed by atoms with Gasteiger partial charge in [0, 0.05) is 6.07 Å². The first kappa shape index (κ1) is 15.0. The molecule has 20 heavy (non-hydrogen) atoms. The van der Waals surface area contributed by atoms with Crippen molar-refractivity contribution in [2.24, 2.45) is 0 Å². The minimum atomic E-state index is -0.671. The second kappa shape index (κ2) is 5.92. The fourth-order valence-electron chi connectivity index (χ4n) is 2.73. The van der Waals surface area contributed by atoms with Crippen LogP contribution in [-0.2, 0) is 0 Å². The van der Waals surface area contributed by atoms with Gasteiger partial charge in [0.1, 0.15) is 11.6 Å². The molecule has 1 saturated heterocycles. The van der Waals surface area contributed by atoms with Crippen molar-refractivity contribution >= 4 is 5.78 Å². The maximum Gasteiger partial charge on any atom is 0.185 e. The summed E-state index contributed by atoms with van der Waals surface area (Å²) >= 11 is 0. The number of rotatable bonds is 4. The SMILES string of the molecule is COc1ccc(C(=O)C(C)(C)N2CCCCC2)c(F)c1. The maximum atomic E-state index is 14.1. The van der Waals surface area contributed by atoms with E-state index in [1.165, 1.54) is 25.7 Å². The van der Waals surface area contributed by atoms with Crippen LogP contribution in [0.5, 0.6) is 5.75 Å². The van der Waals surface area contributed by atoms with Gasteiger partial charge in [-0.2, -0.15) is 0 Å². The summed E-state index contributed by atoms with van der Waals surface area (Å²) in [6.07, 6.45) is 3.40. The lowest BCUT2D eigenvalue weighted by Crippen LogP contribution is -2.52. The molecule has 1 fully saturated rings. The number of carbonyl (C=O) groups excluding carboxylic acids is 1. The van der Waals surface area contributed by atoms with Crippen molar-refractivity contribution in [1.82, 2.24) is 4.90 Å². The smallest absolute Gasteiger partial charge is 0.185 e. The van der Waals surface area contributed by atoms with Crippen molar-refractivity contribution in [3.63, 3.8) is 0 Å². The van der Waals surface area contributed by atoms with Gasteiger partial charge >= 0.3 is 0 Å². The molecule has 0 aromatic heterocycles. The van der Waals surface area contributed by atoms with Crippen LogP contribution in [0.3, 0.4) is 0 Å². The number of hydrogen-bond acceptors (Lipinski definition) is 3. The molecular weight excluding hydrogens is 257 g/mol. The number of Topliss-reactive ketones (excluding diaryl/α,β-unsaturated/α-hetero) is 1. The summed E-state index contributed by atoms with van der Waals surface area (Å²) in [5, 5.41) is 0. The van der Waals surface area contributed by atoms with Gasteiger partial charge in [-0.25, -0.2) is 4.39 Å². The molecule has 110 valence electrons. The summed E-state index contributed by atoms with van der Waals surface area (Å²) in [7, 11) is 1.48. The minimum absolute atomic E-state index is 0.140. The molecule has 1 heterocycles. The lowest BCUT2D eigenvalue weighted by Gasteiger charge is -2.39. The molecule has 1 aliphatic rings. The molecule has 0 aliphatic carbocycles. The van der Waals surface area contributed by atoms with Gasteiger partial charge in [-0.1, -0.05) is 6.42 Å². The Morgan fingerprint density at radius 3 is 2.45 bits per heavy atom. The van der Waals surface area contributed by atoms with Crippen LogP contribution < -0.4 is 4.74 Å². The third-order valence-corrected chi connectivity index (χ3v) is 4.12. The quantitative estimate of drug-likeness (QED) is 0.792. The Labute approximate surface area is 119 Å². The summed E-state index contributed by atoms with van der Waals surface area (Å²) in [5.74, 6) is -0.256. The molecule has 3 nitrogen and oxygen atoms in total. The first-order valence-electron chi connectivity index (χ1n) is 7.10. The topological polar surface area (TPSA) is 29.5 Å². The van der Waals surface area contributed by atoms with E-state index in [-0.39, 0.29) is 11.3 Å². The fraction of sp³-hybridized carbons (Fsp3) is 0.562. The number of benzene rings is 1. The highest BCUT2D eigenvalue weighted by atomic mass is 19.1. The zero-order valence-corrected chi connectivity index (χ0v) is 12.4. The van der Waals surface area contributed by atoms with Crippen molar-refractivity contribution in [2.75, 3.05) is 20.2 Å². The highest BCUT2D eigenvalue weighted by molar-refractivity contribution is 6.03. The van der Waals surface area contributed by atoms with Crippen LogP contribution >= 0.6 is 0 Å². The summed E-state index contributed by atoms with van der Waals surface area (Å²) in [4.78, 5) is 14.8. The van der Waals surface area contributed by atoms with Gasteiger partial charge < -0.3 is 4.74 Å². The summed E-state index contributed by atoms with van der Waals surface area (Å²) in [6, 6.07) is 4.41. The maximum absolute atomic E-state index is 14.1. The summed E-state index contributed by atoms with van der Waals surface area (Å²) < 4.78 is 19.0. The Hall–Kier alpha value is -1.42. The number of methoxy groups -OCH3 is 1. The Morgan fingerprint density at radius 1 is 1.25 bits per heavy atom. The van der Waals surface area contributed by atoms with Crippen molar-refractivity contribution in [3.8, 4) is 5.75 Å². The van der Waals surface area contributed by atoms with E-state index in [2.05, 4.69) is 4.90 Å². The zero-order valence-electron chi connectivity index (χ0n) is 12.4. The van der Waals surface area contributed by atoms with Crippen LogP contribution in [-0.4, -0.2) is 36.4 Å². The van der Waals surface area contributed by atoms with E-state index in [0.29, 0.717) is 5.75 Å². The third-order valence-electron chi connectivity index (χ3n) is 4.12. The van der Waals surface area contributed by atoms with Gasteiger partial charge in [0.2, 0.25) is 0 Å². The Balaban J connectivity index is 2.25. The first-order valence-corrected chi connectivity index (χ1v) is 7.10. The van der Waals surface area contributed by atoms with Crippen molar-refractivity contribution in [1.29, 1.82) is 0 Å². The molecule has 0 atom stereocenters. The van der Waals surface area contributed by atoms with E-state index in [1.807, 2.05) is 13.8 Å². The van der Waals surface area contributed by atoms with Gasteiger partial charge in [-0.3, -0.25) is 9.69 Å². The first-order chi connectivity index (χ1) is 9.46. The van der Waals surface area contributed by atoms with Crippen LogP contribution in [0.2, 0.25) is 0 Å². The van der Waals surface area contributed by atoms with Gasteiger partial charge in [0.05, 0.1) is 18.2 Å². The number of ether oxygens (including phenoxy) is 1. The van der Waals surface area contributed by atoms with Gasteiger partial charge in [-0.05, 0) is 51.9 Å². The number of hydrogen-bond donors (Lipinski definition) is 0. The highest BCUT2D eigenvalue weighted by Gasteiger charge is 2.36. The highest BCUT2D eigenvalue weighted by Crippen LogP contribution is 2.27. The number of carbonyl (C=O) groups is 1. The molecule has 1 aliphatic heterocycles. The Morgan fingerprint density at radius 2 is 1.90 bits per heavy atom. The molecule has 4 heteroatoms. The van der Waals surface area contributed by atoms with Crippen LogP contribution in [0.4, 0.5) is 4.39 Å². The van der Waals surface area contributed by atoms with Gasteiger partial charge in [-0.15, -0.1) is 0 Å². The molecule has 0 unspecified atom stereocenters. The summed E-state index contributed by atoms with van der Waals surface area (Å²) in [5.41, 5.74) is -0.531. The zero-order chi connectivity index (χ0) is 14.8. The van der Waals surface area contributed by atoms with E-state index in [9.17, 15) is 9.18 Å². The van der Waals surface area contributed by atoms with Gasteiger partial charge in [0.25, 0.3) is 0 Å². The molecular formula is C16H22FNO2. The molecule has 0 saturated carbocycles. The molecule has 0 radical (unpaired) electrons. The molecule has 0 amide bonds. The molecule has 1 aromatic rings. The van der Waals surface area contributed by atoms with Crippen LogP contribution in [0.1, 0.15) is 43.5 Å². The predicted molar refractivity (Wildman–Crippen MR) is 76.8 cm³/mol. The normalized spacial score (nSPS) is 17.0. The Kier molecular flexibility index (Phi) is 4.43. The van der Waals surface area contributed by atoms with E-state index in [1.54, 1.807) is 6.07 Å².